The highest BCUT2D eigenvalue weighted by atomic mass is 16.4. The number of likely N-dealkylation sites (tertiary alicyclic amines) is 2. The second-order valence-electron chi connectivity index (χ2n) is 11.6. The van der Waals surface area contributed by atoms with Gasteiger partial charge in [-0.25, -0.2) is 9.97 Å². The van der Waals surface area contributed by atoms with Crippen LogP contribution in [0.25, 0.3) is 0 Å². The van der Waals surface area contributed by atoms with E-state index < -0.39 is 5.97 Å². The minimum atomic E-state index is -0.752. The zero-order chi connectivity index (χ0) is 26.1. The van der Waals surface area contributed by atoms with Crippen LogP contribution in [-0.4, -0.2) is 85.8 Å². The van der Waals surface area contributed by atoms with Crippen molar-refractivity contribution in [2.45, 2.75) is 78.4 Å². The number of nitrogens with one attached hydrogen (secondary N) is 1. The summed E-state index contributed by atoms with van der Waals surface area (Å²) in [5, 5.41) is 12.3. The molecule has 2 aromatic heterocycles. The van der Waals surface area contributed by atoms with Gasteiger partial charge in [0.1, 0.15) is 11.6 Å². The summed E-state index contributed by atoms with van der Waals surface area (Å²) in [5.74, 6) is 2.09. The molecule has 9 heteroatoms. The average Bonchev–Trinajstić information content (AvgIpc) is 3.59. The van der Waals surface area contributed by atoms with Crippen molar-refractivity contribution in [3.8, 4) is 0 Å². The van der Waals surface area contributed by atoms with Crippen LogP contribution in [0.15, 0.2) is 24.8 Å². The Morgan fingerprint density at radius 2 is 1.62 bits per heavy atom. The van der Waals surface area contributed by atoms with E-state index in [2.05, 4.69) is 49.7 Å². The third-order valence-corrected chi connectivity index (χ3v) is 8.13. The molecule has 2 fully saturated rings. The van der Waals surface area contributed by atoms with Gasteiger partial charge >= 0.3 is 5.97 Å². The van der Waals surface area contributed by atoms with Crippen molar-refractivity contribution >= 4 is 5.97 Å². The van der Waals surface area contributed by atoms with E-state index in [1.807, 2.05) is 17.0 Å². The van der Waals surface area contributed by atoms with Gasteiger partial charge in [0.05, 0.1) is 6.54 Å². The van der Waals surface area contributed by atoms with Gasteiger partial charge in [0.15, 0.2) is 0 Å². The molecule has 0 atom stereocenters. The van der Waals surface area contributed by atoms with Crippen LogP contribution in [0.5, 0.6) is 0 Å². The van der Waals surface area contributed by atoms with Crippen molar-refractivity contribution in [2.75, 3.05) is 45.8 Å². The molecule has 0 aliphatic carbocycles. The molecule has 0 bridgehead atoms. The summed E-state index contributed by atoms with van der Waals surface area (Å²) in [5.41, 5.74) is 0.574. The highest BCUT2D eigenvalue weighted by molar-refractivity contribution is 5.66. The molecule has 4 heterocycles. The summed E-state index contributed by atoms with van der Waals surface area (Å²) in [4.78, 5) is 25.1. The van der Waals surface area contributed by atoms with E-state index in [9.17, 15) is 4.79 Å². The van der Waals surface area contributed by atoms with E-state index in [0.717, 1.165) is 37.1 Å². The first-order valence-electron chi connectivity index (χ1n) is 14.3. The molecule has 2 aliphatic rings. The van der Waals surface area contributed by atoms with Crippen LogP contribution >= 0.6 is 0 Å². The van der Waals surface area contributed by atoms with E-state index in [-0.39, 0.29) is 6.42 Å². The standard InChI is InChI=1S/C28H47N7O2/c1-24(2)22-32-16-7-28(8-17-32)9-18-33(23-28)13-4-15-34-19-11-30-25(34)6-10-29-21-26-31-12-20-35(26)14-3-5-27(36)37/h11-12,19-20,24,29H,3-10,13-18,21-23H2,1-2H3,(H,36,37). The Balaban J connectivity index is 1.12. The van der Waals surface area contributed by atoms with Crippen molar-refractivity contribution in [1.82, 2.24) is 34.2 Å². The number of carbonyl (C=O) groups is 1. The molecule has 2 N–H and O–H groups in total. The van der Waals surface area contributed by atoms with Crippen LogP contribution in [0.1, 0.15) is 64.0 Å². The Labute approximate surface area is 222 Å². The first-order chi connectivity index (χ1) is 17.9. The van der Waals surface area contributed by atoms with E-state index >= 15 is 0 Å². The first-order valence-corrected chi connectivity index (χ1v) is 14.3. The molecule has 37 heavy (non-hydrogen) atoms. The van der Waals surface area contributed by atoms with Gasteiger partial charge in [-0.15, -0.1) is 0 Å². The fourth-order valence-electron chi connectivity index (χ4n) is 6.10. The average molecular weight is 514 g/mol. The number of hydrogen-bond donors (Lipinski definition) is 2. The molecule has 206 valence electrons. The van der Waals surface area contributed by atoms with Crippen LogP contribution in [0, 0.1) is 11.3 Å². The van der Waals surface area contributed by atoms with Crippen LogP contribution < -0.4 is 5.32 Å². The van der Waals surface area contributed by atoms with Crippen molar-refractivity contribution in [2.24, 2.45) is 11.3 Å². The largest absolute Gasteiger partial charge is 0.481 e. The van der Waals surface area contributed by atoms with Gasteiger partial charge in [-0.1, -0.05) is 13.8 Å². The fraction of sp³-hybridized carbons (Fsp3) is 0.750. The number of carboxylic acid groups (broad SMARTS) is 1. The van der Waals surface area contributed by atoms with Crippen molar-refractivity contribution in [3.63, 3.8) is 0 Å². The van der Waals surface area contributed by atoms with E-state index in [4.69, 9.17) is 5.11 Å². The molecule has 0 aromatic carbocycles. The van der Waals surface area contributed by atoms with E-state index in [0.29, 0.717) is 24.9 Å². The maximum absolute atomic E-state index is 10.7. The van der Waals surface area contributed by atoms with Crippen molar-refractivity contribution in [1.29, 1.82) is 0 Å². The zero-order valence-corrected chi connectivity index (χ0v) is 22.9. The second kappa shape index (κ2) is 13.5. The molecule has 0 amide bonds. The summed E-state index contributed by atoms with van der Waals surface area (Å²) < 4.78 is 4.35. The van der Waals surface area contributed by atoms with Gasteiger partial charge in [-0.2, -0.15) is 0 Å². The lowest BCUT2D eigenvalue weighted by Crippen LogP contribution is -2.42. The Kier molecular flexibility index (Phi) is 10.2. The van der Waals surface area contributed by atoms with E-state index in [1.54, 1.807) is 6.20 Å². The lowest BCUT2D eigenvalue weighted by atomic mass is 9.77. The Morgan fingerprint density at radius 1 is 0.973 bits per heavy atom. The predicted octanol–water partition coefficient (Wildman–Crippen LogP) is 3.11. The SMILES string of the molecule is CC(C)CN1CCC2(CC1)CCN(CCCn1ccnc1CCNCc1nccn1CCCC(=O)O)C2. The molecule has 0 saturated carbocycles. The van der Waals surface area contributed by atoms with E-state index in [1.165, 1.54) is 65.0 Å². The lowest BCUT2D eigenvalue weighted by Gasteiger charge is -2.40. The van der Waals surface area contributed by atoms with Gasteiger partial charge in [-0.05, 0) is 69.6 Å². The monoisotopic (exact) mass is 513 g/mol. The molecule has 0 radical (unpaired) electrons. The van der Waals surface area contributed by atoms with Gasteiger partial charge < -0.3 is 29.4 Å². The molecular formula is C28H47N7O2. The number of hydrogen-bond acceptors (Lipinski definition) is 6. The van der Waals surface area contributed by atoms with Crippen LogP contribution in [0.4, 0.5) is 0 Å². The van der Waals surface area contributed by atoms with Crippen LogP contribution in [0.3, 0.4) is 0 Å². The van der Waals surface area contributed by atoms with Crippen LogP contribution in [0.2, 0.25) is 0 Å². The van der Waals surface area contributed by atoms with Crippen LogP contribution in [-0.2, 0) is 30.8 Å². The minimum Gasteiger partial charge on any atom is -0.481 e. The smallest absolute Gasteiger partial charge is 0.303 e. The molecule has 4 rings (SSSR count). The zero-order valence-electron chi connectivity index (χ0n) is 22.9. The Hall–Kier alpha value is -2.23. The summed E-state index contributed by atoms with van der Waals surface area (Å²) in [6.45, 7) is 15.4. The highest BCUT2D eigenvalue weighted by Crippen LogP contribution is 2.40. The number of piperidine rings is 1. The normalized spacial score (nSPS) is 18.4. The Bertz CT molecular complexity index is 961. The summed E-state index contributed by atoms with van der Waals surface area (Å²) in [7, 11) is 0. The first kappa shape index (κ1) is 27.8. The maximum atomic E-state index is 10.7. The highest BCUT2D eigenvalue weighted by Gasteiger charge is 2.40. The van der Waals surface area contributed by atoms with Crippen molar-refractivity contribution < 1.29 is 9.90 Å². The molecular weight excluding hydrogens is 466 g/mol. The number of aromatic nitrogens is 4. The maximum Gasteiger partial charge on any atom is 0.303 e. The van der Waals surface area contributed by atoms with Gasteiger partial charge in [0, 0.05) is 70.4 Å². The molecule has 0 unspecified atom stereocenters. The van der Waals surface area contributed by atoms with Gasteiger partial charge in [-0.3, -0.25) is 4.79 Å². The number of nitrogens with zero attached hydrogens (tertiary/aromatic N) is 6. The third kappa shape index (κ3) is 8.38. The molecule has 1 spiro atoms. The number of rotatable bonds is 15. The summed E-state index contributed by atoms with van der Waals surface area (Å²) in [6, 6.07) is 0. The quantitative estimate of drug-likeness (QED) is 0.354. The topological polar surface area (TPSA) is 91.5 Å². The molecule has 9 nitrogen and oxygen atoms in total. The number of imidazole rings is 2. The molecule has 2 saturated heterocycles. The Morgan fingerprint density at radius 3 is 2.32 bits per heavy atom. The lowest BCUT2D eigenvalue weighted by molar-refractivity contribution is -0.137. The van der Waals surface area contributed by atoms with Gasteiger partial charge in [0.25, 0.3) is 0 Å². The van der Waals surface area contributed by atoms with Crippen molar-refractivity contribution in [3.05, 3.63) is 36.4 Å². The molecule has 2 aromatic rings. The number of aryl methyl sites for hydroxylation is 2. The molecule has 2 aliphatic heterocycles. The second-order valence-corrected chi connectivity index (χ2v) is 11.6. The summed E-state index contributed by atoms with van der Waals surface area (Å²) >= 11 is 0. The number of aliphatic carboxylic acids is 1. The minimum absolute atomic E-state index is 0.184. The number of carboxylic acids is 1. The van der Waals surface area contributed by atoms with Gasteiger partial charge in [0.2, 0.25) is 0 Å². The predicted molar refractivity (Wildman–Crippen MR) is 145 cm³/mol. The third-order valence-electron chi connectivity index (χ3n) is 8.13. The summed E-state index contributed by atoms with van der Waals surface area (Å²) in [6.07, 6.45) is 14.7. The fourth-order valence-corrected chi connectivity index (χ4v) is 6.10.